The van der Waals surface area contributed by atoms with Crippen LogP contribution < -0.4 is 10.1 Å². The van der Waals surface area contributed by atoms with Crippen molar-refractivity contribution in [2.24, 2.45) is 0 Å². The second kappa shape index (κ2) is 10.6. The first-order chi connectivity index (χ1) is 16.5. The summed E-state index contributed by atoms with van der Waals surface area (Å²) in [5, 5.41) is 2.96. The summed E-state index contributed by atoms with van der Waals surface area (Å²) < 4.78 is 6.18. The zero-order valence-corrected chi connectivity index (χ0v) is 20.1. The lowest BCUT2D eigenvalue weighted by molar-refractivity contribution is -0.133. The Morgan fingerprint density at radius 2 is 1.82 bits per heavy atom. The summed E-state index contributed by atoms with van der Waals surface area (Å²) in [7, 11) is 0. The fourth-order valence-electron chi connectivity index (χ4n) is 4.57. The van der Waals surface area contributed by atoms with Gasteiger partial charge in [0.15, 0.2) is 6.10 Å². The van der Waals surface area contributed by atoms with E-state index < -0.39 is 6.10 Å². The number of fused-ring (bicyclic) bond motifs is 1. The average molecular weight is 457 g/mol. The molecule has 0 saturated heterocycles. The van der Waals surface area contributed by atoms with E-state index in [-0.39, 0.29) is 17.9 Å². The third kappa shape index (κ3) is 5.14. The first kappa shape index (κ1) is 23.6. The molecule has 2 atom stereocenters. The Kier molecular flexibility index (Phi) is 7.31. The van der Waals surface area contributed by atoms with Gasteiger partial charge in [0, 0.05) is 18.7 Å². The van der Waals surface area contributed by atoms with Gasteiger partial charge in [0.2, 0.25) is 5.91 Å². The molecule has 0 spiro atoms. The van der Waals surface area contributed by atoms with Crippen LogP contribution in [0.25, 0.3) is 0 Å². The van der Waals surface area contributed by atoms with E-state index in [1.54, 1.807) is 0 Å². The number of benzene rings is 3. The summed E-state index contributed by atoms with van der Waals surface area (Å²) >= 11 is 0. The van der Waals surface area contributed by atoms with Crippen molar-refractivity contribution in [1.82, 2.24) is 4.90 Å². The molecular weight excluding hydrogens is 424 g/mol. The van der Waals surface area contributed by atoms with Crippen LogP contribution in [0.3, 0.4) is 0 Å². The van der Waals surface area contributed by atoms with E-state index in [1.807, 2.05) is 80.3 Å². The Bertz CT molecular complexity index is 1160. The van der Waals surface area contributed by atoms with E-state index in [0.29, 0.717) is 25.1 Å². The first-order valence-corrected chi connectivity index (χ1v) is 12.0. The molecule has 34 heavy (non-hydrogen) atoms. The number of anilines is 1. The van der Waals surface area contributed by atoms with Crippen molar-refractivity contribution in [3.63, 3.8) is 0 Å². The smallest absolute Gasteiger partial charge is 0.265 e. The van der Waals surface area contributed by atoms with E-state index >= 15 is 0 Å². The van der Waals surface area contributed by atoms with E-state index in [0.717, 1.165) is 28.8 Å². The van der Waals surface area contributed by atoms with Gasteiger partial charge in [-0.05, 0) is 66.3 Å². The van der Waals surface area contributed by atoms with Crippen LogP contribution in [0.1, 0.15) is 55.0 Å². The molecule has 4 rings (SSSR count). The highest BCUT2D eigenvalue weighted by Crippen LogP contribution is 2.37. The lowest BCUT2D eigenvalue weighted by Gasteiger charge is -2.38. The number of rotatable bonds is 7. The van der Waals surface area contributed by atoms with E-state index in [9.17, 15) is 9.59 Å². The average Bonchev–Trinajstić information content (AvgIpc) is 2.86. The van der Waals surface area contributed by atoms with Crippen LogP contribution in [0.2, 0.25) is 0 Å². The minimum Gasteiger partial charge on any atom is -0.481 e. The SMILES string of the molecule is CCC(=O)N1CCc2ccc(O[C@H](CC)C(=O)Nc3cccc(C)c3)cc2[C@@H]1c1ccccc1. The van der Waals surface area contributed by atoms with E-state index in [1.165, 1.54) is 5.56 Å². The number of amides is 2. The third-order valence-electron chi connectivity index (χ3n) is 6.31. The van der Waals surface area contributed by atoms with Crippen molar-refractivity contribution in [3.05, 3.63) is 95.1 Å². The maximum absolute atomic E-state index is 12.9. The maximum atomic E-state index is 12.9. The molecule has 0 unspecified atom stereocenters. The highest BCUT2D eigenvalue weighted by atomic mass is 16.5. The molecule has 0 radical (unpaired) electrons. The Morgan fingerprint density at radius 1 is 1.03 bits per heavy atom. The van der Waals surface area contributed by atoms with Gasteiger partial charge in [-0.3, -0.25) is 9.59 Å². The Hall–Kier alpha value is -3.60. The van der Waals surface area contributed by atoms with Gasteiger partial charge in [-0.2, -0.15) is 0 Å². The van der Waals surface area contributed by atoms with Crippen molar-refractivity contribution in [1.29, 1.82) is 0 Å². The third-order valence-corrected chi connectivity index (χ3v) is 6.31. The van der Waals surface area contributed by atoms with Crippen LogP contribution in [0, 0.1) is 6.92 Å². The normalized spacial score (nSPS) is 15.9. The maximum Gasteiger partial charge on any atom is 0.265 e. The van der Waals surface area contributed by atoms with Crippen molar-refractivity contribution < 1.29 is 14.3 Å². The lowest BCUT2D eigenvalue weighted by Crippen LogP contribution is -2.40. The number of hydrogen-bond acceptors (Lipinski definition) is 3. The fraction of sp³-hybridized carbons (Fsp3) is 0.310. The second-order valence-corrected chi connectivity index (χ2v) is 8.74. The minimum absolute atomic E-state index is 0.134. The molecule has 3 aromatic rings. The molecular formula is C29H32N2O3. The monoisotopic (exact) mass is 456 g/mol. The standard InChI is InChI=1S/C29H32N2O3/c1-4-26(29(33)30-23-13-9-10-20(3)18-23)34-24-15-14-21-16-17-31(27(32)5-2)28(25(21)19-24)22-11-7-6-8-12-22/h6-15,18-19,26,28H,4-5,16-17H2,1-3H3,(H,30,33)/t26-,28+/m1/s1. The van der Waals surface area contributed by atoms with E-state index in [2.05, 4.69) is 23.5 Å². The van der Waals surface area contributed by atoms with Crippen LogP contribution in [0.4, 0.5) is 5.69 Å². The molecule has 0 fully saturated rings. The topological polar surface area (TPSA) is 58.6 Å². The Balaban J connectivity index is 1.61. The number of ether oxygens (including phenoxy) is 1. The molecule has 5 nitrogen and oxygen atoms in total. The Morgan fingerprint density at radius 3 is 2.53 bits per heavy atom. The number of carbonyl (C=O) groups excluding carboxylic acids is 2. The summed E-state index contributed by atoms with van der Waals surface area (Å²) in [5.41, 5.74) is 5.19. The second-order valence-electron chi connectivity index (χ2n) is 8.74. The molecule has 1 heterocycles. The van der Waals surface area contributed by atoms with Crippen molar-refractivity contribution in [2.75, 3.05) is 11.9 Å². The predicted molar refractivity (Wildman–Crippen MR) is 135 cm³/mol. The van der Waals surface area contributed by atoms with Gasteiger partial charge in [0.05, 0.1) is 6.04 Å². The quantitative estimate of drug-likeness (QED) is 0.498. The highest BCUT2D eigenvalue weighted by molar-refractivity contribution is 5.94. The zero-order valence-electron chi connectivity index (χ0n) is 20.1. The summed E-state index contributed by atoms with van der Waals surface area (Å²) in [4.78, 5) is 27.7. The largest absolute Gasteiger partial charge is 0.481 e. The van der Waals surface area contributed by atoms with Crippen LogP contribution in [-0.2, 0) is 16.0 Å². The van der Waals surface area contributed by atoms with Gasteiger partial charge in [-0.25, -0.2) is 0 Å². The van der Waals surface area contributed by atoms with Gasteiger partial charge >= 0.3 is 0 Å². The molecule has 176 valence electrons. The molecule has 0 bridgehead atoms. The molecule has 1 aliphatic rings. The number of nitrogens with one attached hydrogen (secondary N) is 1. The van der Waals surface area contributed by atoms with Crippen LogP contribution in [0.5, 0.6) is 5.75 Å². The molecule has 0 aromatic heterocycles. The molecule has 1 aliphatic heterocycles. The van der Waals surface area contributed by atoms with Gasteiger partial charge < -0.3 is 15.0 Å². The van der Waals surface area contributed by atoms with E-state index in [4.69, 9.17) is 4.74 Å². The summed E-state index contributed by atoms with van der Waals surface area (Å²) in [6.07, 6.45) is 1.18. The van der Waals surface area contributed by atoms with Crippen LogP contribution >= 0.6 is 0 Å². The predicted octanol–water partition coefficient (Wildman–Crippen LogP) is 5.68. The van der Waals surface area contributed by atoms with Crippen molar-refractivity contribution in [3.8, 4) is 5.75 Å². The van der Waals surface area contributed by atoms with Gasteiger partial charge in [-0.15, -0.1) is 0 Å². The van der Waals surface area contributed by atoms with Crippen molar-refractivity contribution in [2.45, 2.75) is 52.2 Å². The fourth-order valence-corrected chi connectivity index (χ4v) is 4.57. The number of carbonyl (C=O) groups is 2. The van der Waals surface area contributed by atoms with Crippen LogP contribution in [-0.4, -0.2) is 29.4 Å². The molecule has 2 amide bonds. The lowest BCUT2D eigenvalue weighted by atomic mass is 9.87. The Labute approximate surface area is 201 Å². The molecule has 3 aromatic carbocycles. The summed E-state index contributed by atoms with van der Waals surface area (Å²) in [6.45, 7) is 6.52. The number of aryl methyl sites for hydroxylation is 1. The molecule has 5 heteroatoms. The highest BCUT2D eigenvalue weighted by Gasteiger charge is 2.32. The summed E-state index contributed by atoms with van der Waals surface area (Å²) in [5.74, 6) is 0.597. The van der Waals surface area contributed by atoms with Crippen molar-refractivity contribution >= 4 is 17.5 Å². The molecule has 1 N–H and O–H groups in total. The minimum atomic E-state index is -0.620. The van der Waals surface area contributed by atoms with Crippen LogP contribution in [0.15, 0.2) is 72.8 Å². The molecule has 0 aliphatic carbocycles. The summed E-state index contributed by atoms with van der Waals surface area (Å²) in [6, 6.07) is 23.7. The molecule has 0 saturated carbocycles. The van der Waals surface area contributed by atoms with Gasteiger partial charge in [-0.1, -0.05) is 62.4 Å². The van der Waals surface area contributed by atoms with Gasteiger partial charge in [0.25, 0.3) is 5.91 Å². The van der Waals surface area contributed by atoms with Gasteiger partial charge in [0.1, 0.15) is 5.75 Å². The number of nitrogens with zero attached hydrogens (tertiary/aromatic N) is 1. The number of hydrogen-bond donors (Lipinski definition) is 1. The first-order valence-electron chi connectivity index (χ1n) is 12.0. The zero-order chi connectivity index (χ0) is 24.1.